The molecule has 0 aliphatic carbocycles. The maximum atomic E-state index is 5.32. The molecule has 0 radical (unpaired) electrons. The van der Waals surface area contributed by atoms with Crippen LogP contribution in [0.2, 0.25) is 0 Å². The molecule has 0 aromatic carbocycles. The molecule has 1 aliphatic heterocycles. The largest absolute Gasteiger partial charge is 0.379 e. The zero-order valence-electron chi connectivity index (χ0n) is 9.04. The van der Waals surface area contributed by atoms with Crippen molar-refractivity contribution in [2.45, 2.75) is 6.54 Å². The lowest BCUT2D eigenvalue weighted by atomic mass is 10.3. The van der Waals surface area contributed by atoms with E-state index in [1.165, 1.54) is 0 Å². The van der Waals surface area contributed by atoms with Gasteiger partial charge < -0.3 is 9.14 Å². The quantitative estimate of drug-likeness (QED) is 0.738. The zero-order chi connectivity index (χ0) is 10.8. The van der Waals surface area contributed by atoms with Crippen LogP contribution in [0.5, 0.6) is 0 Å². The van der Waals surface area contributed by atoms with Gasteiger partial charge in [0, 0.05) is 38.2 Å². The molecule has 0 spiro atoms. The first-order valence-electron chi connectivity index (χ1n) is 5.49. The summed E-state index contributed by atoms with van der Waals surface area (Å²) in [4.78, 5) is 10.9. The molecule has 0 atom stereocenters. The fourth-order valence-electron chi connectivity index (χ4n) is 1.96. The normalized spacial score (nSPS) is 18.0. The summed E-state index contributed by atoms with van der Waals surface area (Å²) in [5.41, 5.74) is 2.00. The van der Waals surface area contributed by atoms with Crippen molar-refractivity contribution in [3.8, 4) is 0 Å². The molecule has 1 saturated heterocycles. The average molecular weight is 218 g/mol. The number of hydrogen-bond acceptors (Lipinski definition) is 4. The molecule has 3 rings (SSSR count). The molecule has 2 aromatic rings. The van der Waals surface area contributed by atoms with Gasteiger partial charge in [0.1, 0.15) is 0 Å². The van der Waals surface area contributed by atoms with E-state index in [1.807, 2.05) is 10.6 Å². The van der Waals surface area contributed by atoms with Gasteiger partial charge in [-0.1, -0.05) is 0 Å². The molecule has 1 fully saturated rings. The van der Waals surface area contributed by atoms with Gasteiger partial charge in [-0.3, -0.25) is 9.88 Å². The molecule has 16 heavy (non-hydrogen) atoms. The van der Waals surface area contributed by atoms with E-state index in [0.717, 1.165) is 44.2 Å². The van der Waals surface area contributed by atoms with Crippen LogP contribution in [0, 0.1) is 0 Å². The minimum absolute atomic E-state index is 0.828. The van der Waals surface area contributed by atoms with E-state index >= 15 is 0 Å². The summed E-state index contributed by atoms with van der Waals surface area (Å²) < 4.78 is 7.32. The van der Waals surface area contributed by atoms with Crippen molar-refractivity contribution in [1.82, 2.24) is 19.3 Å². The van der Waals surface area contributed by atoms with Crippen LogP contribution in [0.3, 0.4) is 0 Å². The lowest BCUT2D eigenvalue weighted by Crippen LogP contribution is -2.35. The topological polar surface area (TPSA) is 42.7 Å². The van der Waals surface area contributed by atoms with Crippen molar-refractivity contribution in [2.24, 2.45) is 0 Å². The molecular weight excluding hydrogens is 204 g/mol. The molecule has 0 amide bonds. The summed E-state index contributed by atoms with van der Waals surface area (Å²) >= 11 is 0. The van der Waals surface area contributed by atoms with Gasteiger partial charge in [-0.05, 0) is 0 Å². The molecule has 5 heteroatoms. The first-order chi connectivity index (χ1) is 7.92. The third kappa shape index (κ3) is 1.91. The van der Waals surface area contributed by atoms with Crippen LogP contribution in [0.15, 0.2) is 24.8 Å². The molecule has 0 unspecified atom stereocenters. The summed E-state index contributed by atoms with van der Waals surface area (Å²) in [6.45, 7) is 4.53. The van der Waals surface area contributed by atoms with Crippen LogP contribution >= 0.6 is 0 Å². The van der Waals surface area contributed by atoms with Crippen molar-refractivity contribution in [3.63, 3.8) is 0 Å². The van der Waals surface area contributed by atoms with Crippen LogP contribution in [0.25, 0.3) is 5.65 Å². The number of rotatable bonds is 2. The highest BCUT2D eigenvalue weighted by molar-refractivity contribution is 5.36. The highest BCUT2D eigenvalue weighted by Gasteiger charge is 2.12. The monoisotopic (exact) mass is 218 g/mol. The molecular formula is C11H14N4O. The Morgan fingerprint density at radius 1 is 1.31 bits per heavy atom. The number of morpholine rings is 1. The standard InChI is InChI=1S/C11H14N4O/c1-2-15-9-10(13-11(15)7-12-1)8-14-3-5-16-6-4-14/h1-2,7,9H,3-6,8H2. The number of nitrogens with zero attached hydrogens (tertiary/aromatic N) is 4. The average Bonchev–Trinajstić information content (AvgIpc) is 2.72. The van der Waals surface area contributed by atoms with Gasteiger partial charge in [0.15, 0.2) is 5.65 Å². The van der Waals surface area contributed by atoms with E-state index in [2.05, 4.69) is 21.1 Å². The SMILES string of the molecule is c1cn2cc(CN3CCOCC3)nc2cn1. The summed E-state index contributed by atoms with van der Waals surface area (Å²) in [5.74, 6) is 0. The van der Waals surface area contributed by atoms with Gasteiger partial charge in [-0.2, -0.15) is 0 Å². The second kappa shape index (κ2) is 4.19. The number of aromatic nitrogens is 3. The second-order valence-electron chi connectivity index (χ2n) is 3.96. The summed E-state index contributed by atoms with van der Waals surface area (Å²) in [5, 5.41) is 0. The molecule has 0 bridgehead atoms. The predicted octanol–water partition coefficient (Wildman–Crippen LogP) is 0.561. The van der Waals surface area contributed by atoms with Crippen LogP contribution in [0.1, 0.15) is 5.69 Å². The maximum Gasteiger partial charge on any atom is 0.155 e. The Bertz CT molecular complexity index is 443. The highest BCUT2D eigenvalue weighted by atomic mass is 16.5. The number of imidazole rings is 1. The minimum atomic E-state index is 0.828. The highest BCUT2D eigenvalue weighted by Crippen LogP contribution is 2.07. The lowest BCUT2D eigenvalue weighted by Gasteiger charge is -2.25. The minimum Gasteiger partial charge on any atom is -0.379 e. The Labute approximate surface area is 93.7 Å². The van der Waals surface area contributed by atoms with Gasteiger partial charge in [0.05, 0.1) is 25.1 Å². The molecule has 0 saturated carbocycles. The van der Waals surface area contributed by atoms with E-state index in [0.29, 0.717) is 0 Å². The predicted molar refractivity (Wildman–Crippen MR) is 59.1 cm³/mol. The molecule has 1 aliphatic rings. The van der Waals surface area contributed by atoms with Gasteiger partial charge in [-0.25, -0.2) is 4.98 Å². The van der Waals surface area contributed by atoms with Gasteiger partial charge in [-0.15, -0.1) is 0 Å². The molecule has 2 aromatic heterocycles. The summed E-state index contributed by atoms with van der Waals surface area (Å²) in [6.07, 6.45) is 7.54. The van der Waals surface area contributed by atoms with Gasteiger partial charge >= 0.3 is 0 Å². The molecule has 5 nitrogen and oxygen atoms in total. The van der Waals surface area contributed by atoms with Crippen molar-refractivity contribution < 1.29 is 4.74 Å². The molecule has 0 N–H and O–H groups in total. The maximum absolute atomic E-state index is 5.32. The van der Waals surface area contributed by atoms with Crippen molar-refractivity contribution in [2.75, 3.05) is 26.3 Å². The zero-order valence-corrected chi connectivity index (χ0v) is 9.04. The fraction of sp³-hybridized carbons (Fsp3) is 0.455. The third-order valence-electron chi connectivity index (χ3n) is 2.80. The van der Waals surface area contributed by atoms with Gasteiger partial charge in [0.25, 0.3) is 0 Å². The fourth-order valence-corrected chi connectivity index (χ4v) is 1.96. The lowest BCUT2D eigenvalue weighted by molar-refractivity contribution is 0.0337. The molecule has 3 heterocycles. The van der Waals surface area contributed by atoms with E-state index < -0.39 is 0 Å². The number of hydrogen-bond donors (Lipinski definition) is 0. The Morgan fingerprint density at radius 3 is 3.00 bits per heavy atom. The van der Waals surface area contributed by atoms with E-state index in [-0.39, 0.29) is 0 Å². The first kappa shape index (κ1) is 9.74. The van der Waals surface area contributed by atoms with Crippen molar-refractivity contribution >= 4 is 5.65 Å². The smallest absolute Gasteiger partial charge is 0.155 e. The van der Waals surface area contributed by atoms with E-state index in [9.17, 15) is 0 Å². The summed E-state index contributed by atoms with van der Waals surface area (Å²) in [6, 6.07) is 0. The number of ether oxygens (including phenoxy) is 1. The third-order valence-corrected chi connectivity index (χ3v) is 2.80. The van der Waals surface area contributed by atoms with Crippen LogP contribution in [-0.4, -0.2) is 45.6 Å². The Balaban J connectivity index is 1.78. The van der Waals surface area contributed by atoms with Crippen molar-refractivity contribution in [3.05, 3.63) is 30.5 Å². The van der Waals surface area contributed by atoms with Crippen LogP contribution in [0.4, 0.5) is 0 Å². The first-order valence-corrected chi connectivity index (χ1v) is 5.49. The Hall–Kier alpha value is -1.46. The number of fused-ring (bicyclic) bond motifs is 1. The Kier molecular flexibility index (Phi) is 2.55. The van der Waals surface area contributed by atoms with Crippen LogP contribution < -0.4 is 0 Å². The van der Waals surface area contributed by atoms with Crippen LogP contribution in [-0.2, 0) is 11.3 Å². The van der Waals surface area contributed by atoms with Gasteiger partial charge in [0.2, 0.25) is 0 Å². The van der Waals surface area contributed by atoms with E-state index in [1.54, 1.807) is 12.4 Å². The van der Waals surface area contributed by atoms with Crippen molar-refractivity contribution in [1.29, 1.82) is 0 Å². The molecule has 84 valence electrons. The summed E-state index contributed by atoms with van der Waals surface area (Å²) in [7, 11) is 0. The Morgan fingerprint density at radius 2 is 2.19 bits per heavy atom. The van der Waals surface area contributed by atoms with E-state index in [4.69, 9.17) is 4.74 Å². The second-order valence-corrected chi connectivity index (χ2v) is 3.96.